The Morgan fingerprint density at radius 3 is 1.71 bits per heavy atom. The van der Waals surface area contributed by atoms with Crippen molar-refractivity contribution in [1.29, 1.82) is 0 Å². The summed E-state index contributed by atoms with van der Waals surface area (Å²) in [6.45, 7) is 17.2. The molecule has 3 aliphatic carbocycles. The second-order valence-corrected chi connectivity index (χ2v) is 13.8. The Morgan fingerprint density at radius 1 is 0.625 bits per heavy atom. The highest BCUT2D eigenvalue weighted by Crippen LogP contribution is 2.25. The molecule has 0 spiro atoms. The summed E-state index contributed by atoms with van der Waals surface area (Å²) in [6, 6.07) is 10.8. The minimum absolute atomic E-state index is 0.481. The van der Waals surface area contributed by atoms with Gasteiger partial charge in [0.15, 0.2) is 0 Å². The monoisotopic (exact) mass is 670 g/mol. The van der Waals surface area contributed by atoms with Crippen LogP contribution in [-0.4, -0.2) is 143 Å². The first-order valence-electron chi connectivity index (χ1n) is 19.6. The van der Waals surface area contributed by atoms with Crippen LogP contribution in [0.4, 0.5) is 0 Å². The van der Waals surface area contributed by atoms with Crippen molar-refractivity contribution in [2.75, 3.05) is 86.2 Å². The van der Waals surface area contributed by atoms with E-state index in [4.69, 9.17) is 4.74 Å². The summed E-state index contributed by atoms with van der Waals surface area (Å²) < 4.78 is 5.30. The van der Waals surface area contributed by atoms with Gasteiger partial charge < -0.3 is 14.5 Å². The van der Waals surface area contributed by atoms with Gasteiger partial charge in [0.1, 0.15) is 0 Å². The van der Waals surface area contributed by atoms with E-state index in [9.17, 15) is 0 Å². The van der Waals surface area contributed by atoms with Gasteiger partial charge >= 0.3 is 0 Å². The highest BCUT2D eigenvalue weighted by Gasteiger charge is 2.23. The maximum atomic E-state index is 5.30. The van der Waals surface area contributed by atoms with E-state index in [2.05, 4.69) is 90.6 Å². The summed E-state index contributed by atoms with van der Waals surface area (Å²) in [7, 11) is 4.12. The van der Waals surface area contributed by atoms with Crippen molar-refractivity contribution in [3.05, 3.63) is 0 Å². The average Bonchev–Trinajstić information content (AvgIpc) is 3.13. The van der Waals surface area contributed by atoms with Gasteiger partial charge in [-0.3, -0.25) is 4.90 Å². The minimum atomic E-state index is 0.481. The molecule has 274 valence electrons. The minimum Gasteiger partial charge on any atom is -0.379 e. The molecule has 0 unspecified atom stereocenters. The van der Waals surface area contributed by atoms with Crippen LogP contribution < -0.4 is 0 Å². The topological polar surface area (TPSA) is 93.1 Å². The predicted octanol–water partition coefficient (Wildman–Crippen LogP) is 7.10. The molecule has 10 nitrogen and oxygen atoms in total. The molecule has 0 aromatic carbocycles. The molecule has 4 rings (SSSR count). The number of morpholine rings is 1. The van der Waals surface area contributed by atoms with E-state index in [1.807, 2.05) is 6.92 Å². The summed E-state index contributed by atoms with van der Waals surface area (Å²) in [5.74, 6) is 0. The van der Waals surface area contributed by atoms with Crippen LogP contribution in [0.2, 0.25) is 0 Å². The summed E-state index contributed by atoms with van der Waals surface area (Å²) >= 11 is 0. The number of rotatable bonds is 14. The van der Waals surface area contributed by atoms with Crippen LogP contribution in [0.25, 0.3) is 0 Å². The highest BCUT2D eigenvalue weighted by molar-refractivity contribution is 5.42. The molecule has 10 heteroatoms. The van der Waals surface area contributed by atoms with Gasteiger partial charge in [-0.05, 0) is 98.4 Å². The lowest BCUT2D eigenvalue weighted by Crippen LogP contribution is -2.38. The molecule has 0 bridgehead atoms. The average molecular weight is 670 g/mol. The molecule has 3 saturated carbocycles. The van der Waals surface area contributed by atoms with E-state index in [1.165, 1.54) is 103 Å². The van der Waals surface area contributed by atoms with Crippen LogP contribution in [0.5, 0.6) is 0 Å². The molecule has 1 saturated heterocycles. The van der Waals surface area contributed by atoms with Gasteiger partial charge in [0.05, 0.1) is 62.5 Å². The summed E-state index contributed by atoms with van der Waals surface area (Å²) in [6.07, 6.45) is 19.1. The molecule has 1 heterocycles. The summed E-state index contributed by atoms with van der Waals surface area (Å²) in [5.41, 5.74) is 0. The number of hydrogen-bond donors (Lipinski definition) is 0. The molecule has 0 aromatic heterocycles. The van der Waals surface area contributed by atoms with Crippen LogP contribution in [-0.2, 0) is 4.74 Å². The molecule has 48 heavy (non-hydrogen) atoms. The lowest BCUT2D eigenvalue weighted by Gasteiger charge is -2.34. The van der Waals surface area contributed by atoms with Crippen molar-refractivity contribution in [2.24, 2.45) is 30.0 Å². The van der Waals surface area contributed by atoms with E-state index in [0.29, 0.717) is 18.1 Å². The third-order valence-corrected chi connectivity index (χ3v) is 9.74. The molecule has 1 aliphatic heterocycles. The summed E-state index contributed by atoms with van der Waals surface area (Å²) in [4.78, 5) is 32.8. The summed E-state index contributed by atoms with van der Waals surface area (Å²) in [5, 5.41) is 0. The Balaban J connectivity index is 0.000000261. The molecule has 0 aromatic rings. The Morgan fingerprint density at radius 2 is 1.17 bits per heavy atom. The van der Waals surface area contributed by atoms with E-state index in [-0.39, 0.29) is 0 Å². The second-order valence-electron chi connectivity index (χ2n) is 13.8. The molecule has 0 radical (unpaired) electrons. The van der Waals surface area contributed by atoms with Crippen LogP contribution >= 0.6 is 0 Å². The Kier molecular flexibility index (Phi) is 25.3. The molecule has 4 aliphatic rings. The molecule has 4 fully saturated rings. The van der Waals surface area contributed by atoms with E-state index < -0.39 is 0 Å². The second kappa shape index (κ2) is 28.8. The van der Waals surface area contributed by atoms with Gasteiger partial charge in [-0.15, -0.1) is 0 Å². The zero-order chi connectivity index (χ0) is 34.5. The first kappa shape index (κ1) is 42.1. The van der Waals surface area contributed by atoms with Gasteiger partial charge in [-0.25, -0.2) is 30.0 Å². The van der Waals surface area contributed by atoms with Crippen LogP contribution in [0.3, 0.4) is 0 Å². The van der Waals surface area contributed by atoms with Gasteiger partial charge in [-0.1, -0.05) is 52.4 Å². The molecular formula is C38H71N9O. The fourth-order valence-electron chi connectivity index (χ4n) is 6.73. The van der Waals surface area contributed by atoms with Crippen LogP contribution in [0.1, 0.15) is 117 Å². The predicted molar refractivity (Wildman–Crippen MR) is 203 cm³/mol. The normalized spacial score (nSPS) is 22.1. The van der Waals surface area contributed by atoms with Gasteiger partial charge in [0.2, 0.25) is 0 Å². The number of nitrogens with zero attached hydrogens (tertiary/aromatic N) is 9. The zero-order valence-electron chi connectivity index (χ0n) is 31.6. The lowest BCUT2D eigenvalue weighted by atomic mass is 9.90. The van der Waals surface area contributed by atoms with E-state index >= 15 is 0 Å². The Hall–Kier alpha value is -2.02. The fraction of sp³-hybridized carbons (Fsp3) is 0.921. The third-order valence-electron chi connectivity index (χ3n) is 9.74. The zero-order valence-corrected chi connectivity index (χ0v) is 31.6. The largest absolute Gasteiger partial charge is 0.379 e. The van der Waals surface area contributed by atoms with Crippen molar-refractivity contribution < 1.29 is 4.74 Å². The van der Waals surface area contributed by atoms with E-state index in [0.717, 1.165) is 71.5 Å². The molecule has 0 atom stereocenters. The number of aliphatic imine (C=N–C) groups is 6. The van der Waals surface area contributed by atoms with Crippen molar-refractivity contribution in [1.82, 2.24) is 14.7 Å². The third kappa shape index (κ3) is 21.1. The van der Waals surface area contributed by atoms with E-state index in [1.54, 1.807) is 0 Å². The van der Waals surface area contributed by atoms with Crippen molar-refractivity contribution in [2.45, 2.75) is 141 Å². The smallest absolute Gasteiger partial charge is 0.0898 e. The van der Waals surface area contributed by atoms with Crippen molar-refractivity contribution in [3.63, 3.8) is 0 Å². The van der Waals surface area contributed by atoms with Crippen molar-refractivity contribution in [3.8, 4) is 0 Å². The maximum absolute atomic E-state index is 5.30. The molecule has 0 amide bonds. The lowest BCUT2D eigenvalue weighted by molar-refractivity contribution is 0.0395. The number of ether oxygens (including phenoxy) is 1. The Labute approximate surface area is 294 Å². The maximum Gasteiger partial charge on any atom is 0.0898 e. The van der Waals surface area contributed by atoms with Crippen molar-refractivity contribution >= 4 is 18.0 Å². The van der Waals surface area contributed by atoms with Crippen LogP contribution in [0.15, 0.2) is 30.0 Å². The Bertz CT molecular complexity index is 953. The highest BCUT2D eigenvalue weighted by atomic mass is 16.5. The fourth-order valence-corrected chi connectivity index (χ4v) is 6.73. The number of hydrogen-bond acceptors (Lipinski definition) is 10. The first-order valence-corrected chi connectivity index (χ1v) is 19.6. The molecule has 0 N–H and O–H groups in total. The van der Waals surface area contributed by atoms with Gasteiger partial charge in [0, 0.05) is 32.2 Å². The van der Waals surface area contributed by atoms with Crippen LogP contribution in [0, 0.1) is 0 Å². The quantitative estimate of drug-likeness (QED) is 0.146. The van der Waals surface area contributed by atoms with Gasteiger partial charge in [-0.2, -0.15) is 0 Å². The SMILES string of the molecule is C(=NCCN1CCOCC1)=NC1CCCCC1.CCN(CC)C1CCC(N=C=NC2CCCCC2)CC1.CCN=C=NCCCN(C)C. The first-order chi connectivity index (χ1) is 23.5. The standard InChI is InChI=1S/C17H31N3.C13H23N3O.C8H17N3/c1-3-20(4-2)17-12-10-16(11-13-17)19-14-18-15-8-6-5-7-9-15;1-2-4-13(5-3-1)15-12-14-6-7-16-8-10-17-11-9-16;1-4-9-8-10-6-5-7-11(2)3/h15-17H,3-13H2,1-2H3;13H,1-11H2;4-7H2,1-3H3. The van der Waals surface area contributed by atoms with Gasteiger partial charge in [0.25, 0.3) is 0 Å². The molecular weight excluding hydrogens is 598 g/mol.